The van der Waals surface area contributed by atoms with Gasteiger partial charge in [-0.25, -0.2) is 12.8 Å². The number of carbonyl (C=O) groups is 1. The zero-order chi connectivity index (χ0) is 17.5. The van der Waals surface area contributed by atoms with Gasteiger partial charge in [0.25, 0.3) is 5.91 Å². The molecule has 1 N–H and O–H groups in total. The first kappa shape index (κ1) is 16.6. The molecule has 0 bridgehead atoms. The fraction of sp³-hybridized carbons (Fsp3) is 0.118. The number of aryl methyl sites for hydroxylation is 1. The molecule has 0 atom stereocenters. The minimum absolute atomic E-state index is 0.130. The van der Waals surface area contributed by atoms with Gasteiger partial charge in [-0.3, -0.25) is 4.79 Å². The first-order valence-corrected chi connectivity index (χ1v) is 9.76. The van der Waals surface area contributed by atoms with E-state index in [0.717, 1.165) is 11.8 Å². The molecule has 3 rings (SSSR count). The topological polar surface area (TPSA) is 63.2 Å². The van der Waals surface area contributed by atoms with Crippen molar-refractivity contribution in [3.63, 3.8) is 0 Å². The van der Waals surface area contributed by atoms with Crippen molar-refractivity contribution in [2.75, 3.05) is 11.6 Å². The standard InChI is InChI=1S/C17H14FNO3S2/c1-10-6-7-11(24(2,21)22)8-14(10)19-17(20)16-9-12-13(18)4-3-5-15(12)23-16/h3-9H,1-2H3,(H,19,20). The average molecular weight is 363 g/mol. The van der Waals surface area contributed by atoms with Crippen molar-refractivity contribution in [2.45, 2.75) is 11.8 Å². The van der Waals surface area contributed by atoms with Crippen LogP contribution in [0, 0.1) is 12.7 Å². The molecule has 0 aliphatic rings. The number of anilines is 1. The SMILES string of the molecule is Cc1ccc(S(C)(=O)=O)cc1NC(=O)c1cc2c(F)cccc2s1. The number of rotatable bonds is 3. The molecule has 0 unspecified atom stereocenters. The summed E-state index contributed by atoms with van der Waals surface area (Å²) in [6.45, 7) is 1.77. The molecular formula is C17H14FNO3S2. The molecule has 1 amide bonds. The number of hydrogen-bond donors (Lipinski definition) is 1. The second kappa shape index (κ2) is 5.99. The Labute approximate surface area is 142 Å². The third-order valence-electron chi connectivity index (χ3n) is 3.62. The van der Waals surface area contributed by atoms with Crippen molar-refractivity contribution in [2.24, 2.45) is 0 Å². The van der Waals surface area contributed by atoms with Crippen LogP contribution in [-0.2, 0) is 9.84 Å². The number of benzene rings is 2. The van der Waals surface area contributed by atoms with Crippen LogP contribution in [0.2, 0.25) is 0 Å². The predicted octanol–water partition coefficient (Wildman–Crippen LogP) is 4.00. The van der Waals surface area contributed by atoms with E-state index in [2.05, 4.69) is 5.32 Å². The van der Waals surface area contributed by atoms with Gasteiger partial charge in [-0.05, 0) is 42.8 Å². The number of hydrogen-bond acceptors (Lipinski definition) is 4. The Hall–Kier alpha value is -2.25. The molecule has 0 saturated carbocycles. The summed E-state index contributed by atoms with van der Waals surface area (Å²) < 4.78 is 37.7. The van der Waals surface area contributed by atoms with Gasteiger partial charge >= 0.3 is 0 Å². The molecule has 0 aliphatic heterocycles. The Kier molecular flexibility index (Phi) is 4.15. The van der Waals surface area contributed by atoms with Gasteiger partial charge < -0.3 is 5.32 Å². The summed E-state index contributed by atoms with van der Waals surface area (Å²) >= 11 is 1.18. The van der Waals surface area contributed by atoms with E-state index in [9.17, 15) is 17.6 Å². The zero-order valence-electron chi connectivity index (χ0n) is 13.0. The van der Waals surface area contributed by atoms with Crippen LogP contribution in [0.1, 0.15) is 15.2 Å². The van der Waals surface area contributed by atoms with E-state index < -0.39 is 15.7 Å². The lowest BCUT2D eigenvalue weighted by molar-refractivity contribution is 0.103. The summed E-state index contributed by atoms with van der Waals surface area (Å²) in [7, 11) is -3.37. The fourth-order valence-electron chi connectivity index (χ4n) is 2.29. The Morgan fingerprint density at radius 3 is 2.58 bits per heavy atom. The van der Waals surface area contributed by atoms with Crippen LogP contribution < -0.4 is 5.32 Å². The molecule has 24 heavy (non-hydrogen) atoms. The Balaban J connectivity index is 1.95. The summed E-state index contributed by atoms with van der Waals surface area (Å²) in [6.07, 6.45) is 1.11. The smallest absolute Gasteiger partial charge is 0.265 e. The normalized spacial score (nSPS) is 11.6. The lowest BCUT2D eigenvalue weighted by atomic mass is 10.2. The van der Waals surface area contributed by atoms with Gasteiger partial charge in [0, 0.05) is 22.0 Å². The van der Waals surface area contributed by atoms with Crippen molar-refractivity contribution in [3.8, 4) is 0 Å². The van der Waals surface area contributed by atoms with E-state index >= 15 is 0 Å². The first-order chi connectivity index (χ1) is 11.3. The van der Waals surface area contributed by atoms with Gasteiger partial charge in [-0.15, -0.1) is 11.3 Å². The number of nitrogens with one attached hydrogen (secondary N) is 1. The van der Waals surface area contributed by atoms with E-state index in [1.165, 1.54) is 35.6 Å². The van der Waals surface area contributed by atoms with Crippen molar-refractivity contribution < 1.29 is 17.6 Å². The van der Waals surface area contributed by atoms with E-state index in [4.69, 9.17) is 0 Å². The molecule has 0 aliphatic carbocycles. The number of sulfone groups is 1. The summed E-state index contributed by atoms with van der Waals surface area (Å²) in [5.74, 6) is -0.776. The highest BCUT2D eigenvalue weighted by Gasteiger charge is 2.15. The molecule has 0 fully saturated rings. The van der Waals surface area contributed by atoms with Crippen LogP contribution in [0.3, 0.4) is 0 Å². The minimum atomic E-state index is -3.37. The summed E-state index contributed by atoms with van der Waals surface area (Å²) in [5, 5.41) is 3.10. The van der Waals surface area contributed by atoms with Crippen LogP contribution in [-0.4, -0.2) is 20.6 Å². The molecule has 4 nitrogen and oxygen atoms in total. The van der Waals surface area contributed by atoms with Crippen molar-refractivity contribution in [1.82, 2.24) is 0 Å². The summed E-state index contributed by atoms with van der Waals surface area (Å²) in [5.41, 5.74) is 1.16. The molecule has 0 spiro atoms. The average Bonchev–Trinajstić information content (AvgIpc) is 2.94. The van der Waals surface area contributed by atoms with Crippen LogP contribution >= 0.6 is 11.3 Å². The van der Waals surface area contributed by atoms with Gasteiger partial charge in [-0.2, -0.15) is 0 Å². The number of halogens is 1. The second-order valence-corrected chi connectivity index (χ2v) is 8.56. The Morgan fingerprint density at radius 1 is 1.17 bits per heavy atom. The molecule has 1 heterocycles. The molecule has 124 valence electrons. The third kappa shape index (κ3) is 3.18. The molecule has 3 aromatic rings. The lowest BCUT2D eigenvalue weighted by Crippen LogP contribution is -2.12. The maximum absolute atomic E-state index is 13.7. The highest BCUT2D eigenvalue weighted by molar-refractivity contribution is 7.90. The lowest BCUT2D eigenvalue weighted by Gasteiger charge is -2.09. The Morgan fingerprint density at radius 2 is 1.92 bits per heavy atom. The summed E-state index contributed by atoms with van der Waals surface area (Å²) in [6, 6.07) is 10.7. The maximum Gasteiger partial charge on any atom is 0.265 e. The molecule has 1 aromatic heterocycles. The molecule has 7 heteroatoms. The van der Waals surface area contributed by atoms with E-state index in [1.807, 2.05) is 0 Å². The van der Waals surface area contributed by atoms with Crippen molar-refractivity contribution >= 4 is 42.9 Å². The van der Waals surface area contributed by atoms with Gasteiger partial charge in [0.15, 0.2) is 9.84 Å². The number of carbonyl (C=O) groups excluding carboxylic acids is 1. The molecule has 0 radical (unpaired) electrons. The maximum atomic E-state index is 13.7. The number of thiophene rings is 1. The largest absolute Gasteiger partial charge is 0.321 e. The number of fused-ring (bicyclic) bond motifs is 1. The van der Waals surface area contributed by atoms with Crippen LogP contribution in [0.15, 0.2) is 47.4 Å². The molecule has 2 aromatic carbocycles. The van der Waals surface area contributed by atoms with Crippen molar-refractivity contribution in [3.05, 3.63) is 58.7 Å². The van der Waals surface area contributed by atoms with Gasteiger partial charge in [0.1, 0.15) is 5.82 Å². The first-order valence-electron chi connectivity index (χ1n) is 7.06. The van der Waals surface area contributed by atoms with Crippen LogP contribution in [0.5, 0.6) is 0 Å². The quantitative estimate of drug-likeness (QED) is 0.765. The fourth-order valence-corrected chi connectivity index (χ4v) is 3.91. The highest BCUT2D eigenvalue weighted by Crippen LogP contribution is 2.29. The predicted molar refractivity (Wildman–Crippen MR) is 94.0 cm³/mol. The highest BCUT2D eigenvalue weighted by atomic mass is 32.2. The van der Waals surface area contributed by atoms with Gasteiger partial charge in [-0.1, -0.05) is 12.1 Å². The van der Waals surface area contributed by atoms with E-state index in [0.29, 0.717) is 20.7 Å². The van der Waals surface area contributed by atoms with E-state index in [-0.39, 0.29) is 10.7 Å². The van der Waals surface area contributed by atoms with Gasteiger partial charge in [0.05, 0.1) is 9.77 Å². The Bertz CT molecular complexity index is 1050. The second-order valence-electron chi connectivity index (χ2n) is 5.47. The zero-order valence-corrected chi connectivity index (χ0v) is 14.6. The number of amides is 1. The van der Waals surface area contributed by atoms with E-state index in [1.54, 1.807) is 25.1 Å². The molecule has 0 saturated heterocycles. The van der Waals surface area contributed by atoms with Crippen LogP contribution in [0.4, 0.5) is 10.1 Å². The molecular weight excluding hydrogens is 349 g/mol. The monoisotopic (exact) mass is 363 g/mol. The third-order valence-corrected chi connectivity index (χ3v) is 5.83. The van der Waals surface area contributed by atoms with Gasteiger partial charge in [0.2, 0.25) is 0 Å². The summed E-state index contributed by atoms with van der Waals surface area (Å²) in [4.78, 5) is 12.9. The van der Waals surface area contributed by atoms with Crippen molar-refractivity contribution in [1.29, 1.82) is 0 Å². The van der Waals surface area contributed by atoms with Crippen LogP contribution in [0.25, 0.3) is 10.1 Å². The minimum Gasteiger partial charge on any atom is -0.321 e.